The number of nitrogens with one attached hydrogen (secondary N) is 4. The molecular weight excluding hydrogens is 382 g/mol. The lowest BCUT2D eigenvalue weighted by Gasteiger charge is -2.09. The van der Waals surface area contributed by atoms with Crippen molar-refractivity contribution in [1.82, 2.24) is 5.32 Å². The number of pyridine rings is 1. The first-order chi connectivity index (χ1) is 14.6. The minimum atomic E-state index is -0.323. The number of rotatable bonds is 8. The molecule has 0 radical (unpaired) electrons. The Morgan fingerprint density at radius 2 is 2.00 bits per heavy atom. The number of anilines is 2. The van der Waals surface area contributed by atoms with Gasteiger partial charge in [0.1, 0.15) is 35.2 Å². The maximum absolute atomic E-state index is 12.0. The van der Waals surface area contributed by atoms with Crippen molar-refractivity contribution in [1.29, 1.82) is 5.26 Å². The predicted molar refractivity (Wildman–Crippen MR) is 115 cm³/mol. The molecule has 0 atom stereocenters. The Kier molecular flexibility index (Phi) is 6.90. The Bertz CT molecular complexity index is 1080. The average molecular weight is 406 g/mol. The van der Waals surface area contributed by atoms with Crippen LogP contribution < -0.4 is 30.4 Å². The first-order valence-electron chi connectivity index (χ1n) is 9.58. The minimum absolute atomic E-state index is 0.323. The Morgan fingerprint density at radius 3 is 2.77 bits per heavy atom. The van der Waals surface area contributed by atoms with E-state index in [-0.39, 0.29) is 6.03 Å². The SMILES string of the molecule is CCOc1ccc2[nH+]c(NCCNC(=O)Nc3cccc(OC)c3)c(C#N)cc2c1. The Labute approximate surface area is 174 Å². The molecule has 0 saturated heterocycles. The Morgan fingerprint density at radius 1 is 1.13 bits per heavy atom. The monoisotopic (exact) mass is 406 g/mol. The topological polar surface area (TPSA) is 110 Å². The Balaban J connectivity index is 1.56. The number of urea groups is 1. The summed E-state index contributed by atoms with van der Waals surface area (Å²) in [5.41, 5.74) is 2.00. The zero-order valence-corrected chi connectivity index (χ0v) is 16.9. The summed E-state index contributed by atoms with van der Waals surface area (Å²) in [7, 11) is 1.57. The molecule has 0 aliphatic carbocycles. The van der Waals surface area contributed by atoms with Crippen molar-refractivity contribution >= 4 is 28.4 Å². The highest BCUT2D eigenvalue weighted by molar-refractivity contribution is 5.89. The highest BCUT2D eigenvalue weighted by atomic mass is 16.5. The molecule has 2 amide bonds. The molecule has 2 aromatic carbocycles. The van der Waals surface area contributed by atoms with Gasteiger partial charge in [-0.2, -0.15) is 5.26 Å². The van der Waals surface area contributed by atoms with Crippen molar-refractivity contribution in [3.05, 3.63) is 54.1 Å². The van der Waals surface area contributed by atoms with Gasteiger partial charge in [-0.3, -0.25) is 5.32 Å². The molecule has 0 aliphatic rings. The summed E-state index contributed by atoms with van der Waals surface area (Å²) < 4.78 is 10.6. The number of nitrogens with zero attached hydrogens (tertiary/aromatic N) is 1. The van der Waals surface area contributed by atoms with Gasteiger partial charge in [0.05, 0.1) is 20.3 Å². The van der Waals surface area contributed by atoms with Gasteiger partial charge in [-0.15, -0.1) is 0 Å². The lowest BCUT2D eigenvalue weighted by atomic mass is 10.1. The number of H-pyrrole nitrogens is 1. The van der Waals surface area contributed by atoms with Crippen molar-refractivity contribution in [3.8, 4) is 17.6 Å². The number of hydrogen-bond acceptors (Lipinski definition) is 5. The van der Waals surface area contributed by atoms with E-state index in [1.165, 1.54) is 0 Å². The third-order valence-corrected chi connectivity index (χ3v) is 4.32. The maximum atomic E-state index is 12.0. The summed E-state index contributed by atoms with van der Waals surface area (Å²) in [6.45, 7) is 3.32. The Hall–Kier alpha value is -3.99. The van der Waals surface area contributed by atoms with E-state index in [9.17, 15) is 10.1 Å². The van der Waals surface area contributed by atoms with Gasteiger partial charge in [-0.1, -0.05) is 6.07 Å². The van der Waals surface area contributed by atoms with Gasteiger partial charge in [-0.05, 0) is 43.3 Å². The van der Waals surface area contributed by atoms with Gasteiger partial charge in [0.25, 0.3) is 5.82 Å². The molecule has 30 heavy (non-hydrogen) atoms. The van der Waals surface area contributed by atoms with Crippen LogP contribution in [0.3, 0.4) is 0 Å². The number of aromatic nitrogens is 1. The zero-order chi connectivity index (χ0) is 21.3. The molecule has 0 spiro atoms. The number of ether oxygens (including phenoxy) is 2. The number of nitriles is 1. The molecule has 0 aliphatic heterocycles. The number of benzene rings is 2. The van der Waals surface area contributed by atoms with Gasteiger partial charge >= 0.3 is 6.03 Å². The van der Waals surface area contributed by atoms with E-state index in [1.807, 2.05) is 25.1 Å². The lowest BCUT2D eigenvalue weighted by molar-refractivity contribution is -0.327. The standard InChI is InChI=1S/C22H23N5O3/c1-3-30-19-7-8-20-15(12-19)11-16(14-23)21(27-20)24-9-10-25-22(28)26-17-5-4-6-18(13-17)29-2/h4-8,11-13H,3,9-10H2,1-2H3,(H,24,27)(H2,25,26,28)/p+1. The largest absolute Gasteiger partial charge is 0.497 e. The maximum Gasteiger partial charge on any atom is 0.319 e. The lowest BCUT2D eigenvalue weighted by Crippen LogP contribution is -2.33. The molecule has 8 nitrogen and oxygen atoms in total. The van der Waals surface area contributed by atoms with Crippen molar-refractivity contribution in [3.63, 3.8) is 0 Å². The van der Waals surface area contributed by atoms with Crippen LogP contribution in [-0.2, 0) is 0 Å². The quantitative estimate of drug-likeness (QED) is 0.498. The van der Waals surface area contributed by atoms with Gasteiger partial charge in [0, 0.05) is 17.1 Å². The predicted octanol–water partition coefficient (Wildman–Crippen LogP) is 3.17. The van der Waals surface area contributed by atoms with Crippen LogP contribution in [0, 0.1) is 11.3 Å². The van der Waals surface area contributed by atoms with E-state index in [1.54, 1.807) is 37.4 Å². The molecule has 0 fully saturated rings. The second-order valence-corrected chi connectivity index (χ2v) is 6.39. The van der Waals surface area contributed by atoms with Crippen molar-refractivity contribution < 1.29 is 19.3 Å². The molecule has 4 N–H and O–H groups in total. The third-order valence-electron chi connectivity index (χ3n) is 4.32. The molecule has 3 aromatic rings. The van der Waals surface area contributed by atoms with Crippen LogP contribution in [0.25, 0.3) is 10.9 Å². The van der Waals surface area contributed by atoms with Gasteiger partial charge in [0.2, 0.25) is 0 Å². The van der Waals surface area contributed by atoms with Gasteiger partial charge in [-0.25, -0.2) is 9.78 Å². The summed E-state index contributed by atoms with van der Waals surface area (Å²) in [5, 5.41) is 19.0. The molecular formula is C22H24N5O3+. The zero-order valence-electron chi connectivity index (χ0n) is 16.9. The smallest absolute Gasteiger partial charge is 0.319 e. The molecule has 0 bridgehead atoms. The molecule has 0 saturated carbocycles. The summed E-state index contributed by atoms with van der Waals surface area (Å²) >= 11 is 0. The summed E-state index contributed by atoms with van der Waals surface area (Å²) in [6.07, 6.45) is 0. The van der Waals surface area contributed by atoms with Gasteiger partial charge in [0.15, 0.2) is 0 Å². The number of aromatic amines is 1. The number of hydrogen-bond donors (Lipinski definition) is 3. The van der Waals surface area contributed by atoms with Crippen LogP contribution in [0.1, 0.15) is 12.5 Å². The van der Waals surface area contributed by atoms with E-state index < -0.39 is 0 Å². The first kappa shape index (κ1) is 20.7. The fourth-order valence-corrected chi connectivity index (χ4v) is 2.93. The second-order valence-electron chi connectivity index (χ2n) is 6.39. The first-order valence-corrected chi connectivity index (χ1v) is 9.58. The van der Waals surface area contributed by atoms with E-state index >= 15 is 0 Å². The molecule has 154 valence electrons. The number of carbonyl (C=O) groups is 1. The van der Waals surface area contributed by atoms with Crippen LogP contribution >= 0.6 is 0 Å². The highest BCUT2D eigenvalue weighted by Gasteiger charge is 2.13. The summed E-state index contributed by atoms with van der Waals surface area (Å²) in [5.74, 6) is 2.03. The van der Waals surface area contributed by atoms with Crippen molar-refractivity contribution in [2.45, 2.75) is 6.92 Å². The number of fused-ring (bicyclic) bond motifs is 1. The molecule has 1 heterocycles. The molecule has 0 unspecified atom stereocenters. The highest BCUT2D eigenvalue weighted by Crippen LogP contribution is 2.21. The number of methoxy groups -OCH3 is 1. The average Bonchev–Trinajstić information content (AvgIpc) is 2.76. The van der Waals surface area contributed by atoms with Crippen LogP contribution in [0.5, 0.6) is 11.5 Å². The van der Waals surface area contributed by atoms with Crippen LogP contribution in [0.4, 0.5) is 16.3 Å². The number of amides is 2. The minimum Gasteiger partial charge on any atom is -0.497 e. The summed E-state index contributed by atoms with van der Waals surface area (Å²) in [4.78, 5) is 15.3. The molecule has 3 rings (SSSR count). The van der Waals surface area contributed by atoms with Crippen molar-refractivity contribution in [2.24, 2.45) is 0 Å². The second kappa shape index (κ2) is 9.98. The summed E-state index contributed by atoms with van der Waals surface area (Å²) in [6, 6.07) is 16.5. The van der Waals surface area contributed by atoms with E-state index in [0.717, 1.165) is 16.7 Å². The van der Waals surface area contributed by atoms with Crippen LogP contribution in [0.15, 0.2) is 48.5 Å². The molecule has 1 aromatic heterocycles. The van der Waals surface area contributed by atoms with Crippen molar-refractivity contribution in [2.75, 3.05) is 37.4 Å². The fourth-order valence-electron chi connectivity index (χ4n) is 2.93. The van der Waals surface area contributed by atoms with E-state index in [4.69, 9.17) is 9.47 Å². The van der Waals surface area contributed by atoms with Gasteiger partial charge < -0.3 is 20.1 Å². The normalized spacial score (nSPS) is 10.2. The van der Waals surface area contributed by atoms with Crippen LogP contribution in [-0.4, -0.2) is 32.8 Å². The third kappa shape index (κ3) is 5.29. The van der Waals surface area contributed by atoms with E-state index in [0.29, 0.717) is 42.5 Å². The van der Waals surface area contributed by atoms with E-state index in [2.05, 4.69) is 27.0 Å². The number of carbonyl (C=O) groups excluding carboxylic acids is 1. The fraction of sp³-hybridized carbons (Fsp3) is 0.227. The molecule has 8 heteroatoms. The van der Waals surface area contributed by atoms with Crippen LogP contribution in [0.2, 0.25) is 0 Å².